The zero-order chi connectivity index (χ0) is 10.8. The molecule has 15 heavy (non-hydrogen) atoms. The van der Waals surface area contributed by atoms with Crippen molar-refractivity contribution in [2.45, 2.75) is 18.9 Å². The number of likely N-dealkylation sites (tertiary alicyclic amines) is 1. The molecule has 3 nitrogen and oxygen atoms in total. The Balaban J connectivity index is 2.13. The molecule has 1 aliphatic rings. The van der Waals surface area contributed by atoms with Crippen molar-refractivity contribution in [1.82, 2.24) is 10.2 Å². The minimum Gasteiger partial charge on any atom is -0.463 e. The summed E-state index contributed by atoms with van der Waals surface area (Å²) < 4.78 is 6.97. The van der Waals surface area contributed by atoms with Crippen molar-refractivity contribution in [2.75, 3.05) is 27.2 Å². The molecular formula is C11H17BrN2O. The molecule has 1 fully saturated rings. The van der Waals surface area contributed by atoms with Crippen LogP contribution in [0.15, 0.2) is 15.0 Å². The highest BCUT2D eigenvalue weighted by Gasteiger charge is 2.26. The molecule has 1 aromatic rings. The van der Waals surface area contributed by atoms with Crippen molar-refractivity contribution in [2.24, 2.45) is 0 Å². The molecular weight excluding hydrogens is 256 g/mol. The van der Waals surface area contributed by atoms with E-state index in [0.717, 1.165) is 29.1 Å². The summed E-state index contributed by atoms with van der Waals surface area (Å²) >= 11 is 3.58. The summed E-state index contributed by atoms with van der Waals surface area (Å²) in [6.45, 7) is 3.06. The molecule has 0 bridgehead atoms. The van der Waals surface area contributed by atoms with Crippen LogP contribution in [-0.2, 0) is 6.54 Å². The van der Waals surface area contributed by atoms with Crippen LogP contribution in [0, 0.1) is 0 Å². The highest BCUT2D eigenvalue weighted by Crippen LogP contribution is 2.34. The summed E-state index contributed by atoms with van der Waals surface area (Å²) in [5.74, 6) is 2.67. The molecule has 1 aliphatic heterocycles. The van der Waals surface area contributed by atoms with Gasteiger partial charge in [-0.15, -0.1) is 0 Å². The summed E-state index contributed by atoms with van der Waals surface area (Å²) in [5, 5.41) is 3.10. The third-order valence-corrected chi connectivity index (χ3v) is 3.50. The highest BCUT2D eigenvalue weighted by molar-refractivity contribution is 9.10. The van der Waals surface area contributed by atoms with Crippen LogP contribution < -0.4 is 5.32 Å². The third kappa shape index (κ3) is 2.44. The van der Waals surface area contributed by atoms with Crippen molar-refractivity contribution in [3.05, 3.63) is 22.1 Å². The molecule has 1 aromatic heterocycles. The number of halogens is 1. The van der Waals surface area contributed by atoms with Gasteiger partial charge in [0.1, 0.15) is 11.5 Å². The summed E-state index contributed by atoms with van der Waals surface area (Å²) in [5.41, 5.74) is 0. The Bertz CT molecular complexity index is 337. The van der Waals surface area contributed by atoms with Gasteiger partial charge in [-0.05, 0) is 49.1 Å². The maximum absolute atomic E-state index is 5.85. The van der Waals surface area contributed by atoms with Crippen LogP contribution in [0.3, 0.4) is 0 Å². The lowest BCUT2D eigenvalue weighted by molar-refractivity contribution is 0.387. The fraction of sp³-hybridized carbons (Fsp3) is 0.636. The summed E-state index contributed by atoms with van der Waals surface area (Å²) in [7, 11) is 4.09. The van der Waals surface area contributed by atoms with Crippen LogP contribution in [-0.4, -0.2) is 32.1 Å². The Hall–Kier alpha value is -0.320. The minimum atomic E-state index is 0.551. The lowest BCUT2D eigenvalue weighted by Gasteiger charge is -2.08. The first kappa shape index (κ1) is 11.2. The van der Waals surface area contributed by atoms with Gasteiger partial charge in [-0.1, -0.05) is 0 Å². The fourth-order valence-corrected chi connectivity index (χ4v) is 2.78. The molecule has 1 unspecified atom stereocenters. The summed E-state index contributed by atoms with van der Waals surface area (Å²) in [4.78, 5) is 2.34. The largest absolute Gasteiger partial charge is 0.463 e. The van der Waals surface area contributed by atoms with Gasteiger partial charge in [0.15, 0.2) is 0 Å². The molecule has 0 spiro atoms. The molecule has 0 aliphatic carbocycles. The van der Waals surface area contributed by atoms with E-state index in [1.807, 2.05) is 7.05 Å². The van der Waals surface area contributed by atoms with E-state index in [1.54, 1.807) is 0 Å². The normalized spacial score (nSPS) is 22.5. The second-order valence-electron chi connectivity index (χ2n) is 4.20. The first-order valence-electron chi connectivity index (χ1n) is 5.32. The van der Waals surface area contributed by atoms with E-state index in [1.165, 1.54) is 13.0 Å². The van der Waals surface area contributed by atoms with Gasteiger partial charge in [0.25, 0.3) is 0 Å². The molecule has 0 aromatic carbocycles. The predicted octanol–water partition coefficient (Wildman–Crippen LogP) is 2.18. The lowest BCUT2D eigenvalue weighted by Crippen LogP contribution is -2.13. The van der Waals surface area contributed by atoms with Crippen molar-refractivity contribution in [1.29, 1.82) is 0 Å². The summed E-state index contributed by atoms with van der Waals surface area (Å²) in [6, 6.07) is 2.07. The molecule has 1 atom stereocenters. The summed E-state index contributed by atoms with van der Waals surface area (Å²) in [6.07, 6.45) is 1.20. The van der Waals surface area contributed by atoms with E-state index >= 15 is 0 Å². The van der Waals surface area contributed by atoms with Crippen LogP contribution in [0.5, 0.6) is 0 Å². The van der Waals surface area contributed by atoms with Crippen molar-refractivity contribution < 1.29 is 4.42 Å². The number of hydrogen-bond acceptors (Lipinski definition) is 3. The van der Waals surface area contributed by atoms with Gasteiger partial charge in [0.2, 0.25) is 0 Å². The average Bonchev–Trinajstić information content (AvgIpc) is 2.73. The lowest BCUT2D eigenvalue weighted by atomic mass is 10.1. The first-order valence-corrected chi connectivity index (χ1v) is 6.11. The highest BCUT2D eigenvalue weighted by atomic mass is 79.9. The number of likely N-dealkylation sites (N-methyl/N-ethyl adjacent to an activating group) is 1. The standard InChI is InChI=1S/C11H17BrN2O/c1-13-6-9-5-10(12)11(15-9)8-3-4-14(2)7-8/h5,8,13H,3-4,6-7H2,1-2H3. The molecule has 0 amide bonds. The van der Waals surface area contributed by atoms with Gasteiger partial charge in [-0.3, -0.25) is 0 Å². The van der Waals surface area contributed by atoms with E-state index in [0.29, 0.717) is 5.92 Å². The van der Waals surface area contributed by atoms with Crippen LogP contribution >= 0.6 is 15.9 Å². The second-order valence-corrected chi connectivity index (χ2v) is 5.06. The maximum atomic E-state index is 5.85. The Kier molecular flexibility index (Phi) is 3.49. The number of nitrogens with one attached hydrogen (secondary N) is 1. The van der Waals surface area contributed by atoms with Crippen molar-refractivity contribution >= 4 is 15.9 Å². The van der Waals surface area contributed by atoms with Crippen LogP contribution in [0.2, 0.25) is 0 Å². The van der Waals surface area contributed by atoms with Gasteiger partial charge in [-0.2, -0.15) is 0 Å². The monoisotopic (exact) mass is 272 g/mol. The van der Waals surface area contributed by atoms with Crippen molar-refractivity contribution in [3.8, 4) is 0 Å². The Morgan fingerprint density at radius 3 is 3.07 bits per heavy atom. The first-order chi connectivity index (χ1) is 7.20. The Morgan fingerprint density at radius 2 is 2.47 bits per heavy atom. The quantitative estimate of drug-likeness (QED) is 0.915. The van der Waals surface area contributed by atoms with Gasteiger partial charge < -0.3 is 14.6 Å². The Labute approximate surface area is 99.0 Å². The number of nitrogens with zero attached hydrogens (tertiary/aromatic N) is 1. The minimum absolute atomic E-state index is 0.551. The van der Waals surface area contributed by atoms with E-state index in [4.69, 9.17) is 4.42 Å². The van der Waals surface area contributed by atoms with Gasteiger partial charge in [-0.25, -0.2) is 0 Å². The van der Waals surface area contributed by atoms with Gasteiger partial charge >= 0.3 is 0 Å². The van der Waals surface area contributed by atoms with Crippen LogP contribution in [0.4, 0.5) is 0 Å². The average molecular weight is 273 g/mol. The van der Waals surface area contributed by atoms with E-state index < -0.39 is 0 Å². The molecule has 2 heterocycles. The zero-order valence-electron chi connectivity index (χ0n) is 9.22. The smallest absolute Gasteiger partial charge is 0.122 e. The molecule has 2 rings (SSSR count). The molecule has 0 radical (unpaired) electrons. The Morgan fingerprint density at radius 1 is 1.67 bits per heavy atom. The molecule has 0 saturated carbocycles. The van der Waals surface area contributed by atoms with Crippen molar-refractivity contribution in [3.63, 3.8) is 0 Å². The number of hydrogen-bond donors (Lipinski definition) is 1. The molecule has 1 saturated heterocycles. The zero-order valence-corrected chi connectivity index (χ0v) is 10.8. The van der Waals surface area contributed by atoms with E-state index in [2.05, 4.69) is 39.3 Å². The third-order valence-electron chi connectivity index (χ3n) is 2.88. The molecule has 84 valence electrons. The molecule has 4 heteroatoms. The van der Waals surface area contributed by atoms with E-state index in [9.17, 15) is 0 Å². The fourth-order valence-electron chi connectivity index (χ4n) is 2.12. The topological polar surface area (TPSA) is 28.4 Å². The second kappa shape index (κ2) is 4.68. The number of rotatable bonds is 3. The van der Waals surface area contributed by atoms with Crippen LogP contribution in [0.25, 0.3) is 0 Å². The number of furan rings is 1. The SMILES string of the molecule is CNCc1cc(Br)c(C2CCN(C)C2)o1. The maximum Gasteiger partial charge on any atom is 0.122 e. The van der Waals surface area contributed by atoms with Gasteiger partial charge in [0.05, 0.1) is 11.0 Å². The van der Waals surface area contributed by atoms with E-state index in [-0.39, 0.29) is 0 Å². The van der Waals surface area contributed by atoms with Gasteiger partial charge in [0, 0.05) is 12.5 Å². The van der Waals surface area contributed by atoms with Crippen LogP contribution in [0.1, 0.15) is 23.9 Å². The molecule has 1 N–H and O–H groups in total. The predicted molar refractivity (Wildman–Crippen MR) is 64.0 cm³/mol.